The average Bonchev–Trinajstić information content (AvgIpc) is 3.27. The summed E-state index contributed by atoms with van der Waals surface area (Å²) in [6.07, 6.45) is 5.12. The van der Waals surface area contributed by atoms with Gasteiger partial charge in [-0.1, -0.05) is 80.4 Å². The molecule has 0 aliphatic rings. The van der Waals surface area contributed by atoms with Crippen molar-refractivity contribution in [3.05, 3.63) is 101 Å². The number of aryl methyl sites for hydroxylation is 1. The van der Waals surface area contributed by atoms with E-state index in [9.17, 15) is 14.7 Å². The van der Waals surface area contributed by atoms with E-state index in [0.717, 1.165) is 36.2 Å². The molecule has 7 nitrogen and oxygen atoms in total. The van der Waals surface area contributed by atoms with Crippen LogP contribution in [0.15, 0.2) is 72.9 Å². The first-order valence-electron chi connectivity index (χ1n) is 11.4. The maximum absolute atomic E-state index is 12.9. The molecule has 0 fully saturated rings. The standard InChI is InChI=1S/C27H26N4O3/c1-2-3-7-17-31-23(29-26(30-31)25(32)21-9-5-4-6-10-21)18-19-12-14-20(15-13-19)22-11-8-16-28-24(22)27(33)34/h4-6,8-16H,2-3,7,17-18H2,1H3,(H,33,34). The van der Waals surface area contributed by atoms with Gasteiger partial charge in [0.15, 0.2) is 5.69 Å². The van der Waals surface area contributed by atoms with Gasteiger partial charge < -0.3 is 5.11 Å². The Hall–Kier alpha value is -4.13. The van der Waals surface area contributed by atoms with Crippen molar-refractivity contribution < 1.29 is 14.7 Å². The van der Waals surface area contributed by atoms with Gasteiger partial charge in [0.05, 0.1) is 0 Å². The summed E-state index contributed by atoms with van der Waals surface area (Å²) < 4.78 is 1.84. The van der Waals surface area contributed by atoms with E-state index in [1.54, 1.807) is 24.3 Å². The number of aromatic nitrogens is 4. The van der Waals surface area contributed by atoms with Gasteiger partial charge in [-0.05, 0) is 23.6 Å². The second-order valence-electron chi connectivity index (χ2n) is 8.06. The van der Waals surface area contributed by atoms with Gasteiger partial charge in [-0.25, -0.2) is 19.4 Å². The normalized spacial score (nSPS) is 10.9. The van der Waals surface area contributed by atoms with Crippen LogP contribution in [0.25, 0.3) is 11.1 Å². The van der Waals surface area contributed by atoms with Gasteiger partial charge in [0.1, 0.15) is 5.82 Å². The first-order chi connectivity index (χ1) is 16.6. The third-order valence-corrected chi connectivity index (χ3v) is 5.60. The molecule has 4 rings (SSSR count). The van der Waals surface area contributed by atoms with Gasteiger partial charge in [-0.2, -0.15) is 0 Å². The van der Waals surface area contributed by atoms with E-state index in [2.05, 4.69) is 22.0 Å². The number of carbonyl (C=O) groups is 2. The van der Waals surface area contributed by atoms with Crippen LogP contribution in [0.2, 0.25) is 0 Å². The van der Waals surface area contributed by atoms with Gasteiger partial charge >= 0.3 is 5.97 Å². The summed E-state index contributed by atoms with van der Waals surface area (Å²) in [5.41, 5.74) is 2.93. The van der Waals surface area contributed by atoms with Crippen molar-refractivity contribution in [1.82, 2.24) is 19.7 Å². The van der Waals surface area contributed by atoms with Crippen molar-refractivity contribution in [2.75, 3.05) is 0 Å². The molecule has 2 aromatic carbocycles. The molecular weight excluding hydrogens is 428 g/mol. The zero-order chi connectivity index (χ0) is 23.9. The molecule has 34 heavy (non-hydrogen) atoms. The SMILES string of the molecule is CCCCCn1nc(C(=O)c2ccccc2)nc1Cc1ccc(-c2cccnc2C(=O)O)cc1. The summed E-state index contributed by atoms with van der Waals surface area (Å²) in [5.74, 6) is -0.314. The number of hydrogen-bond donors (Lipinski definition) is 1. The van der Waals surface area contributed by atoms with E-state index in [0.29, 0.717) is 24.1 Å². The Kier molecular flexibility index (Phi) is 7.22. The molecule has 0 aliphatic heterocycles. The molecule has 0 spiro atoms. The third-order valence-electron chi connectivity index (χ3n) is 5.60. The Balaban J connectivity index is 1.59. The summed E-state index contributed by atoms with van der Waals surface area (Å²) >= 11 is 0. The highest BCUT2D eigenvalue weighted by atomic mass is 16.4. The summed E-state index contributed by atoms with van der Waals surface area (Å²) in [7, 11) is 0. The second kappa shape index (κ2) is 10.7. The molecule has 0 radical (unpaired) electrons. The Morgan fingerprint density at radius 3 is 2.41 bits per heavy atom. The van der Waals surface area contributed by atoms with E-state index >= 15 is 0 Å². The van der Waals surface area contributed by atoms with Crippen LogP contribution >= 0.6 is 0 Å². The van der Waals surface area contributed by atoms with Crippen molar-refractivity contribution >= 4 is 11.8 Å². The molecule has 172 valence electrons. The molecule has 4 aromatic rings. The maximum Gasteiger partial charge on any atom is 0.355 e. The van der Waals surface area contributed by atoms with Crippen LogP contribution in [0.5, 0.6) is 0 Å². The molecule has 0 amide bonds. The molecule has 7 heteroatoms. The fraction of sp³-hybridized carbons (Fsp3) is 0.222. The summed E-state index contributed by atoms with van der Waals surface area (Å²) in [4.78, 5) is 33.0. The van der Waals surface area contributed by atoms with Gasteiger partial charge in [0.25, 0.3) is 0 Å². The van der Waals surface area contributed by atoms with Crippen LogP contribution < -0.4 is 0 Å². The van der Waals surface area contributed by atoms with Gasteiger partial charge in [0, 0.05) is 30.3 Å². The fourth-order valence-corrected chi connectivity index (χ4v) is 3.80. The van der Waals surface area contributed by atoms with E-state index in [1.807, 2.05) is 47.1 Å². The van der Waals surface area contributed by atoms with Crippen LogP contribution in [-0.4, -0.2) is 36.6 Å². The van der Waals surface area contributed by atoms with E-state index in [1.165, 1.54) is 6.20 Å². The van der Waals surface area contributed by atoms with Crippen molar-refractivity contribution in [2.24, 2.45) is 0 Å². The molecule has 0 atom stereocenters. The van der Waals surface area contributed by atoms with Crippen molar-refractivity contribution in [3.63, 3.8) is 0 Å². The molecule has 0 unspecified atom stereocenters. The second-order valence-corrected chi connectivity index (χ2v) is 8.06. The van der Waals surface area contributed by atoms with E-state index in [-0.39, 0.29) is 17.3 Å². The monoisotopic (exact) mass is 454 g/mol. The number of rotatable bonds is 10. The number of carbonyl (C=O) groups excluding carboxylic acids is 1. The highest BCUT2D eigenvalue weighted by Gasteiger charge is 2.18. The molecule has 0 aliphatic carbocycles. The lowest BCUT2D eigenvalue weighted by atomic mass is 10.0. The number of carboxylic acid groups (broad SMARTS) is 1. The minimum absolute atomic E-state index is 0.0231. The summed E-state index contributed by atoms with van der Waals surface area (Å²) in [6, 6.07) is 20.2. The quantitative estimate of drug-likeness (QED) is 0.266. The Labute approximate surface area is 198 Å². The van der Waals surface area contributed by atoms with Crippen LogP contribution in [0.4, 0.5) is 0 Å². The van der Waals surface area contributed by atoms with Crippen molar-refractivity contribution in [2.45, 2.75) is 39.2 Å². The van der Waals surface area contributed by atoms with Gasteiger partial charge in [0.2, 0.25) is 11.6 Å². The number of aromatic carboxylic acids is 1. The smallest absolute Gasteiger partial charge is 0.355 e. The third kappa shape index (κ3) is 5.26. The molecule has 1 N–H and O–H groups in total. The van der Waals surface area contributed by atoms with Crippen LogP contribution in [0.1, 0.15) is 64.2 Å². The lowest BCUT2D eigenvalue weighted by Crippen LogP contribution is -2.08. The molecule has 2 aromatic heterocycles. The zero-order valence-corrected chi connectivity index (χ0v) is 19.0. The number of benzene rings is 2. The first-order valence-corrected chi connectivity index (χ1v) is 11.4. The molecular formula is C27H26N4O3. The van der Waals surface area contributed by atoms with Crippen LogP contribution in [0.3, 0.4) is 0 Å². The van der Waals surface area contributed by atoms with Gasteiger partial charge in [-0.3, -0.25) is 4.79 Å². The summed E-state index contributed by atoms with van der Waals surface area (Å²) in [6.45, 7) is 2.85. The number of unbranched alkanes of at least 4 members (excludes halogenated alkanes) is 2. The van der Waals surface area contributed by atoms with E-state index in [4.69, 9.17) is 0 Å². The fourth-order valence-electron chi connectivity index (χ4n) is 3.80. The molecule has 0 saturated carbocycles. The topological polar surface area (TPSA) is 98.0 Å². The number of nitrogens with zero attached hydrogens (tertiary/aromatic N) is 4. The van der Waals surface area contributed by atoms with Crippen molar-refractivity contribution in [1.29, 1.82) is 0 Å². The zero-order valence-electron chi connectivity index (χ0n) is 19.0. The Bertz CT molecular complexity index is 1280. The minimum Gasteiger partial charge on any atom is -0.476 e. The largest absolute Gasteiger partial charge is 0.476 e. The van der Waals surface area contributed by atoms with Gasteiger partial charge in [-0.15, -0.1) is 5.10 Å². The molecule has 0 bridgehead atoms. The average molecular weight is 455 g/mol. The van der Waals surface area contributed by atoms with E-state index < -0.39 is 5.97 Å². The lowest BCUT2D eigenvalue weighted by molar-refractivity contribution is 0.0691. The number of ketones is 1. The Morgan fingerprint density at radius 2 is 1.71 bits per heavy atom. The minimum atomic E-state index is -1.06. The Morgan fingerprint density at radius 1 is 0.941 bits per heavy atom. The van der Waals surface area contributed by atoms with Crippen LogP contribution in [0, 0.1) is 0 Å². The number of pyridine rings is 1. The number of hydrogen-bond acceptors (Lipinski definition) is 5. The van der Waals surface area contributed by atoms with Crippen molar-refractivity contribution in [3.8, 4) is 11.1 Å². The highest BCUT2D eigenvalue weighted by Crippen LogP contribution is 2.23. The number of carboxylic acids is 1. The summed E-state index contributed by atoms with van der Waals surface area (Å²) in [5, 5.41) is 14.0. The molecule has 2 heterocycles. The first kappa shape index (κ1) is 23.0. The lowest BCUT2D eigenvalue weighted by Gasteiger charge is -2.08. The predicted octanol–water partition coefficient (Wildman–Crippen LogP) is 5.05. The predicted molar refractivity (Wildman–Crippen MR) is 129 cm³/mol. The van der Waals surface area contributed by atoms with Crippen LogP contribution in [-0.2, 0) is 13.0 Å². The maximum atomic E-state index is 12.9. The highest BCUT2D eigenvalue weighted by molar-refractivity contribution is 6.06. The molecule has 0 saturated heterocycles.